The van der Waals surface area contributed by atoms with Gasteiger partial charge >= 0.3 is 0 Å². The standard InChI is InChI=1S/C6H12O6.H4NO2P/c7-1-3(9)5(11)6(12)4(10)2-8;1-4(2)3/h1,3-6,8-12H,2H2;4H,(H3,1,2,3). The first kappa shape index (κ1) is 18.0. The van der Waals surface area contributed by atoms with E-state index in [1.807, 2.05) is 0 Å². The number of aliphatic hydroxyl groups is 5. The molecule has 0 saturated heterocycles. The van der Waals surface area contributed by atoms with Gasteiger partial charge in [0.15, 0.2) is 6.29 Å². The van der Waals surface area contributed by atoms with E-state index in [1.165, 1.54) is 0 Å². The summed E-state index contributed by atoms with van der Waals surface area (Å²) in [5.74, 6) is 0. The maximum Gasteiger partial charge on any atom is 0.253 e. The highest BCUT2D eigenvalue weighted by molar-refractivity contribution is 7.35. The number of carbonyl (C=O) groups is 1. The van der Waals surface area contributed by atoms with Crippen LogP contribution in [0.3, 0.4) is 0 Å². The van der Waals surface area contributed by atoms with Crippen molar-refractivity contribution in [2.24, 2.45) is 5.50 Å². The topological polar surface area (TPSA) is 182 Å². The van der Waals surface area contributed by atoms with Crippen molar-refractivity contribution in [3.8, 4) is 0 Å². The van der Waals surface area contributed by atoms with E-state index in [4.69, 9.17) is 35.0 Å². The Kier molecular flexibility index (Phi) is 11.0. The van der Waals surface area contributed by atoms with Crippen molar-refractivity contribution in [1.82, 2.24) is 0 Å². The van der Waals surface area contributed by atoms with Gasteiger partial charge in [-0.05, 0) is 0 Å². The highest BCUT2D eigenvalue weighted by atomic mass is 31.1. The summed E-state index contributed by atoms with van der Waals surface area (Å²) in [6.45, 7) is -0.760. The van der Waals surface area contributed by atoms with Crippen LogP contribution in [0.2, 0.25) is 0 Å². The Morgan fingerprint density at radius 3 is 1.81 bits per heavy atom. The number of hydrogen-bond acceptors (Lipinski definition) is 7. The van der Waals surface area contributed by atoms with Crippen molar-refractivity contribution in [3.05, 3.63) is 0 Å². The summed E-state index contributed by atoms with van der Waals surface area (Å²) in [5, 5.41) is 43.5. The Bertz CT molecular complexity index is 211. The minimum absolute atomic E-state index is 0.0258. The molecule has 0 radical (unpaired) electrons. The molecule has 0 heterocycles. The van der Waals surface area contributed by atoms with Crippen LogP contribution in [0.15, 0.2) is 0 Å². The van der Waals surface area contributed by atoms with E-state index in [0.717, 1.165) is 0 Å². The van der Waals surface area contributed by atoms with E-state index >= 15 is 0 Å². The first-order chi connectivity index (χ1) is 7.27. The lowest BCUT2D eigenvalue weighted by molar-refractivity contribution is -0.136. The minimum atomic E-state index is -2.63. The molecular formula is C6H16NO8P. The van der Waals surface area contributed by atoms with Crippen LogP contribution in [-0.2, 0) is 9.36 Å². The number of nitrogens with two attached hydrogens (primary N) is 1. The van der Waals surface area contributed by atoms with E-state index in [1.54, 1.807) is 0 Å². The molecule has 98 valence electrons. The molecule has 0 rings (SSSR count). The highest BCUT2D eigenvalue weighted by Crippen LogP contribution is 2.02. The molecule has 0 aliphatic heterocycles. The molecule has 0 saturated carbocycles. The van der Waals surface area contributed by atoms with Gasteiger partial charge in [-0.15, -0.1) is 0 Å². The third kappa shape index (κ3) is 8.89. The van der Waals surface area contributed by atoms with Gasteiger partial charge in [-0.3, -0.25) is 10.1 Å². The van der Waals surface area contributed by atoms with E-state index in [9.17, 15) is 4.79 Å². The molecule has 0 aromatic rings. The molecule has 5 atom stereocenters. The molecule has 5 unspecified atom stereocenters. The average molecular weight is 261 g/mol. The Hall–Kier alpha value is -0.380. The second-order valence-corrected chi connectivity index (χ2v) is 3.37. The van der Waals surface area contributed by atoms with Gasteiger partial charge in [-0.2, -0.15) is 0 Å². The number of carbonyl (C=O) groups excluding carboxylic acids is 1. The lowest BCUT2D eigenvalue weighted by atomic mass is 10.0. The van der Waals surface area contributed by atoms with Crippen LogP contribution in [0.1, 0.15) is 0 Å². The van der Waals surface area contributed by atoms with Gasteiger partial charge in [0.2, 0.25) is 0 Å². The number of aldehydes is 1. The Morgan fingerprint density at radius 2 is 1.56 bits per heavy atom. The third-order valence-corrected chi connectivity index (χ3v) is 1.42. The SMILES string of the molecule is N[PH](=O)O.O=CC(O)C(O)C(O)C(O)CO. The van der Waals surface area contributed by atoms with Crippen molar-refractivity contribution in [1.29, 1.82) is 0 Å². The second kappa shape index (κ2) is 9.82. The quantitative estimate of drug-likeness (QED) is 0.191. The Labute approximate surface area is 91.7 Å². The van der Waals surface area contributed by atoms with Crippen molar-refractivity contribution >= 4 is 14.5 Å². The summed E-state index contributed by atoms with van der Waals surface area (Å²) in [6, 6.07) is 0. The summed E-state index contributed by atoms with van der Waals surface area (Å²) in [5.41, 5.74) is 4.21. The molecule has 0 aromatic carbocycles. The largest absolute Gasteiger partial charge is 0.394 e. The summed E-state index contributed by atoms with van der Waals surface area (Å²) >= 11 is 0. The highest BCUT2D eigenvalue weighted by Gasteiger charge is 2.29. The van der Waals surface area contributed by atoms with Crippen LogP contribution in [0, 0.1) is 0 Å². The first-order valence-electron chi connectivity index (χ1n) is 4.04. The molecule has 0 aliphatic rings. The smallest absolute Gasteiger partial charge is 0.253 e. The Balaban J connectivity index is 0. The number of hydrogen-bond donors (Lipinski definition) is 7. The van der Waals surface area contributed by atoms with Crippen LogP contribution in [0.5, 0.6) is 0 Å². The molecule has 0 spiro atoms. The van der Waals surface area contributed by atoms with Crippen molar-refractivity contribution in [3.63, 3.8) is 0 Å². The lowest BCUT2D eigenvalue weighted by Crippen LogP contribution is -2.46. The van der Waals surface area contributed by atoms with Gasteiger partial charge in [-0.25, -0.2) is 0 Å². The predicted molar refractivity (Wildman–Crippen MR) is 52.6 cm³/mol. The fourth-order valence-corrected chi connectivity index (χ4v) is 0.618. The van der Waals surface area contributed by atoms with E-state index in [-0.39, 0.29) is 6.29 Å². The minimum Gasteiger partial charge on any atom is -0.394 e. The van der Waals surface area contributed by atoms with Gasteiger partial charge in [0.1, 0.15) is 24.4 Å². The van der Waals surface area contributed by atoms with E-state index in [2.05, 4.69) is 5.50 Å². The monoisotopic (exact) mass is 261 g/mol. The molecular weight excluding hydrogens is 245 g/mol. The zero-order valence-corrected chi connectivity index (χ0v) is 9.17. The summed E-state index contributed by atoms with van der Waals surface area (Å²) in [7, 11) is -2.63. The maximum absolute atomic E-state index is 9.90. The van der Waals surface area contributed by atoms with Crippen molar-refractivity contribution in [2.45, 2.75) is 24.4 Å². The van der Waals surface area contributed by atoms with E-state index in [0.29, 0.717) is 0 Å². The zero-order valence-electron chi connectivity index (χ0n) is 8.17. The fraction of sp³-hybridized carbons (Fsp3) is 0.833. The molecule has 0 aromatic heterocycles. The molecule has 0 aliphatic carbocycles. The van der Waals surface area contributed by atoms with Gasteiger partial charge in [0.25, 0.3) is 8.18 Å². The zero-order chi connectivity index (χ0) is 13.3. The second-order valence-electron chi connectivity index (χ2n) is 2.70. The molecule has 16 heavy (non-hydrogen) atoms. The third-order valence-electron chi connectivity index (χ3n) is 1.42. The normalized spacial score (nSPS) is 19.7. The molecule has 10 heteroatoms. The number of aliphatic hydroxyl groups excluding tert-OH is 5. The van der Waals surface area contributed by atoms with Crippen LogP contribution in [0.4, 0.5) is 0 Å². The molecule has 9 nitrogen and oxygen atoms in total. The van der Waals surface area contributed by atoms with E-state index < -0.39 is 39.2 Å². The maximum atomic E-state index is 9.90. The Morgan fingerprint density at radius 1 is 1.19 bits per heavy atom. The van der Waals surface area contributed by atoms with Crippen LogP contribution in [0.25, 0.3) is 0 Å². The summed E-state index contributed by atoms with van der Waals surface area (Å²) < 4.78 is 8.96. The molecule has 0 amide bonds. The summed E-state index contributed by atoms with van der Waals surface area (Å²) in [4.78, 5) is 17.3. The molecule has 8 N–H and O–H groups in total. The predicted octanol–water partition coefficient (Wildman–Crippen LogP) is -4.05. The number of rotatable bonds is 5. The molecule has 0 fully saturated rings. The summed E-state index contributed by atoms with van der Waals surface area (Å²) in [6.07, 6.45) is -6.84. The lowest BCUT2D eigenvalue weighted by Gasteiger charge is -2.22. The van der Waals surface area contributed by atoms with Gasteiger partial charge in [0, 0.05) is 0 Å². The fourth-order valence-electron chi connectivity index (χ4n) is 0.618. The van der Waals surface area contributed by atoms with Gasteiger partial charge in [-0.1, -0.05) is 0 Å². The van der Waals surface area contributed by atoms with Gasteiger partial charge < -0.3 is 35.2 Å². The molecule has 0 bridgehead atoms. The van der Waals surface area contributed by atoms with Crippen LogP contribution >= 0.6 is 8.18 Å². The van der Waals surface area contributed by atoms with Crippen LogP contribution in [-0.4, -0.2) is 67.7 Å². The van der Waals surface area contributed by atoms with Crippen LogP contribution < -0.4 is 5.50 Å². The van der Waals surface area contributed by atoms with Crippen molar-refractivity contribution < 1.29 is 39.8 Å². The van der Waals surface area contributed by atoms with Gasteiger partial charge in [0.05, 0.1) is 6.61 Å². The average Bonchev–Trinajstić information content (AvgIpc) is 2.24. The van der Waals surface area contributed by atoms with Crippen molar-refractivity contribution in [2.75, 3.05) is 6.61 Å². The first-order valence-corrected chi connectivity index (χ1v) is 5.48.